The number of nitrogens with one attached hydrogen (secondary N) is 1. The quantitative estimate of drug-likeness (QED) is 0.886. The number of rotatable bonds is 3. The first kappa shape index (κ1) is 12.6. The maximum Gasteiger partial charge on any atom is 0.228 e. The molecule has 1 N–H and O–H groups in total. The van der Waals surface area contributed by atoms with Gasteiger partial charge >= 0.3 is 0 Å². The number of nitriles is 1. The number of nitrogens with zero attached hydrogens (tertiary/aromatic N) is 1. The van der Waals surface area contributed by atoms with Crippen molar-refractivity contribution in [2.75, 3.05) is 0 Å². The highest BCUT2D eigenvalue weighted by Gasteiger charge is 2.36. The SMILES string of the molecule is CC(C(=O)NC1(C#N)CCCC1)c1ccccc1. The molecule has 0 bridgehead atoms. The Morgan fingerprint density at radius 1 is 1.33 bits per heavy atom. The minimum absolute atomic E-state index is 0.0512. The van der Waals surface area contributed by atoms with Crippen LogP contribution in [0.15, 0.2) is 30.3 Å². The van der Waals surface area contributed by atoms with Crippen molar-refractivity contribution < 1.29 is 4.79 Å². The normalized spacial score (nSPS) is 18.9. The predicted octanol–water partition coefficient (Wildman–Crippen LogP) is 2.74. The number of hydrogen-bond donors (Lipinski definition) is 1. The maximum absolute atomic E-state index is 12.2. The molecule has 18 heavy (non-hydrogen) atoms. The van der Waals surface area contributed by atoms with Crippen LogP contribution in [-0.4, -0.2) is 11.4 Å². The fourth-order valence-corrected chi connectivity index (χ4v) is 2.48. The van der Waals surface area contributed by atoms with Crippen LogP contribution in [0.3, 0.4) is 0 Å². The van der Waals surface area contributed by atoms with E-state index >= 15 is 0 Å². The van der Waals surface area contributed by atoms with Gasteiger partial charge in [0.05, 0.1) is 12.0 Å². The van der Waals surface area contributed by atoms with Gasteiger partial charge in [-0.3, -0.25) is 4.79 Å². The summed E-state index contributed by atoms with van der Waals surface area (Å²) in [4.78, 5) is 12.2. The van der Waals surface area contributed by atoms with Crippen molar-refractivity contribution in [1.29, 1.82) is 5.26 Å². The van der Waals surface area contributed by atoms with Crippen LogP contribution >= 0.6 is 0 Å². The molecule has 1 aliphatic rings. The Kier molecular flexibility index (Phi) is 3.66. The lowest BCUT2D eigenvalue weighted by atomic mass is 9.95. The Balaban J connectivity index is 2.06. The Bertz CT molecular complexity index is 455. The molecule has 1 unspecified atom stereocenters. The average Bonchev–Trinajstić information content (AvgIpc) is 2.88. The molecule has 3 heteroatoms. The van der Waals surface area contributed by atoms with E-state index in [1.807, 2.05) is 37.3 Å². The van der Waals surface area contributed by atoms with Gasteiger partial charge in [-0.2, -0.15) is 5.26 Å². The molecule has 1 aromatic carbocycles. The third-order valence-corrected chi connectivity index (χ3v) is 3.73. The maximum atomic E-state index is 12.2. The molecule has 0 spiro atoms. The molecule has 0 radical (unpaired) electrons. The number of hydrogen-bond acceptors (Lipinski definition) is 2. The molecule has 1 aliphatic carbocycles. The van der Waals surface area contributed by atoms with Gasteiger partial charge in [-0.05, 0) is 38.2 Å². The number of carbonyl (C=O) groups is 1. The van der Waals surface area contributed by atoms with Crippen molar-refractivity contribution in [3.8, 4) is 6.07 Å². The minimum Gasteiger partial charge on any atom is -0.337 e. The third kappa shape index (κ3) is 2.53. The zero-order chi connectivity index (χ0) is 13.0. The van der Waals surface area contributed by atoms with Crippen LogP contribution in [0, 0.1) is 11.3 Å². The highest BCUT2D eigenvalue weighted by molar-refractivity contribution is 5.84. The first-order valence-electron chi connectivity index (χ1n) is 6.45. The van der Waals surface area contributed by atoms with Crippen LogP contribution in [-0.2, 0) is 4.79 Å². The van der Waals surface area contributed by atoms with Crippen molar-refractivity contribution >= 4 is 5.91 Å². The summed E-state index contributed by atoms with van der Waals surface area (Å²) in [6, 6.07) is 12.0. The van der Waals surface area contributed by atoms with E-state index in [9.17, 15) is 10.1 Å². The van der Waals surface area contributed by atoms with Gasteiger partial charge in [0, 0.05) is 0 Å². The molecular formula is C15H18N2O. The van der Waals surface area contributed by atoms with Crippen molar-refractivity contribution in [3.63, 3.8) is 0 Å². The van der Waals surface area contributed by atoms with Crippen molar-refractivity contribution in [3.05, 3.63) is 35.9 Å². The summed E-state index contributed by atoms with van der Waals surface area (Å²) in [6.07, 6.45) is 3.59. The predicted molar refractivity (Wildman–Crippen MR) is 69.8 cm³/mol. The van der Waals surface area contributed by atoms with Gasteiger partial charge in [0.25, 0.3) is 0 Å². The van der Waals surface area contributed by atoms with Gasteiger partial charge < -0.3 is 5.32 Å². The lowest BCUT2D eigenvalue weighted by Gasteiger charge is -2.24. The summed E-state index contributed by atoms with van der Waals surface area (Å²) < 4.78 is 0. The molecule has 1 aromatic rings. The van der Waals surface area contributed by atoms with Gasteiger partial charge in [0.2, 0.25) is 5.91 Å². The van der Waals surface area contributed by atoms with Gasteiger partial charge in [0.15, 0.2) is 0 Å². The zero-order valence-corrected chi connectivity index (χ0v) is 10.6. The standard InChI is InChI=1S/C15H18N2O/c1-12(13-7-3-2-4-8-13)14(18)17-15(11-16)9-5-6-10-15/h2-4,7-8,12H,5-6,9-10H2,1H3,(H,17,18). The molecule has 1 saturated carbocycles. The van der Waals surface area contributed by atoms with Crippen molar-refractivity contribution in [2.24, 2.45) is 0 Å². The minimum atomic E-state index is -0.625. The van der Waals surface area contributed by atoms with Crippen molar-refractivity contribution in [1.82, 2.24) is 5.32 Å². The van der Waals surface area contributed by atoms with Gasteiger partial charge in [-0.15, -0.1) is 0 Å². The summed E-state index contributed by atoms with van der Waals surface area (Å²) in [7, 11) is 0. The molecule has 0 aromatic heterocycles. The number of amides is 1. The highest BCUT2D eigenvalue weighted by Crippen LogP contribution is 2.29. The molecule has 2 rings (SSSR count). The molecule has 94 valence electrons. The number of benzene rings is 1. The molecule has 1 atom stereocenters. The van der Waals surface area contributed by atoms with Crippen LogP contribution in [0.4, 0.5) is 0 Å². The Hall–Kier alpha value is -1.82. The summed E-state index contributed by atoms with van der Waals surface area (Å²) in [5.41, 5.74) is 0.362. The highest BCUT2D eigenvalue weighted by atomic mass is 16.2. The summed E-state index contributed by atoms with van der Waals surface area (Å²) >= 11 is 0. The van der Waals surface area contributed by atoms with Crippen LogP contribution in [0.2, 0.25) is 0 Å². The first-order valence-corrected chi connectivity index (χ1v) is 6.45. The molecule has 0 heterocycles. The second kappa shape index (κ2) is 5.22. The van der Waals surface area contributed by atoms with E-state index in [1.54, 1.807) is 0 Å². The van der Waals surface area contributed by atoms with E-state index in [4.69, 9.17) is 0 Å². The summed E-state index contributed by atoms with van der Waals surface area (Å²) in [5.74, 6) is -0.262. The second-order valence-corrected chi connectivity index (χ2v) is 5.02. The first-order chi connectivity index (χ1) is 8.67. The second-order valence-electron chi connectivity index (χ2n) is 5.02. The Morgan fingerprint density at radius 2 is 1.94 bits per heavy atom. The zero-order valence-electron chi connectivity index (χ0n) is 10.6. The van der Waals surface area contributed by atoms with Gasteiger partial charge in [-0.25, -0.2) is 0 Å². The third-order valence-electron chi connectivity index (χ3n) is 3.73. The van der Waals surface area contributed by atoms with Crippen LogP contribution in [0.25, 0.3) is 0 Å². The lowest BCUT2D eigenvalue weighted by molar-refractivity contribution is -0.123. The molecule has 0 saturated heterocycles. The van der Waals surface area contributed by atoms with Gasteiger partial charge in [0.1, 0.15) is 5.54 Å². The Morgan fingerprint density at radius 3 is 2.50 bits per heavy atom. The Labute approximate surface area is 108 Å². The van der Waals surface area contributed by atoms with E-state index in [2.05, 4.69) is 11.4 Å². The van der Waals surface area contributed by atoms with Crippen LogP contribution in [0.5, 0.6) is 0 Å². The monoisotopic (exact) mass is 242 g/mol. The molecule has 0 aliphatic heterocycles. The smallest absolute Gasteiger partial charge is 0.228 e. The van der Waals surface area contributed by atoms with E-state index < -0.39 is 5.54 Å². The topological polar surface area (TPSA) is 52.9 Å². The van der Waals surface area contributed by atoms with Crippen molar-refractivity contribution in [2.45, 2.75) is 44.1 Å². The summed E-state index contributed by atoms with van der Waals surface area (Å²) in [5, 5.41) is 12.2. The van der Waals surface area contributed by atoms with Crippen LogP contribution < -0.4 is 5.32 Å². The fourth-order valence-electron chi connectivity index (χ4n) is 2.48. The molecular weight excluding hydrogens is 224 g/mol. The van der Waals surface area contributed by atoms with E-state index in [0.29, 0.717) is 0 Å². The fraction of sp³-hybridized carbons (Fsp3) is 0.467. The molecule has 1 fully saturated rings. The average molecular weight is 242 g/mol. The molecule has 1 amide bonds. The largest absolute Gasteiger partial charge is 0.337 e. The van der Waals surface area contributed by atoms with E-state index in [0.717, 1.165) is 31.2 Å². The van der Waals surface area contributed by atoms with E-state index in [-0.39, 0.29) is 11.8 Å². The van der Waals surface area contributed by atoms with Crippen LogP contribution in [0.1, 0.15) is 44.1 Å². The van der Waals surface area contributed by atoms with Gasteiger partial charge in [-0.1, -0.05) is 30.3 Å². The summed E-state index contributed by atoms with van der Waals surface area (Å²) in [6.45, 7) is 1.88. The lowest BCUT2D eigenvalue weighted by Crippen LogP contribution is -2.46. The van der Waals surface area contributed by atoms with E-state index in [1.165, 1.54) is 0 Å². The molecule has 3 nitrogen and oxygen atoms in total. The number of carbonyl (C=O) groups excluding carboxylic acids is 1.